The fourth-order valence-electron chi connectivity index (χ4n) is 1.86. The van der Waals surface area contributed by atoms with Crippen LogP contribution in [0.1, 0.15) is 23.6 Å². The summed E-state index contributed by atoms with van der Waals surface area (Å²) in [5, 5.41) is 3.84. The molecule has 2 aromatic rings. The first-order valence-electron chi connectivity index (χ1n) is 5.45. The second-order valence-corrected chi connectivity index (χ2v) is 4.05. The van der Waals surface area contributed by atoms with Gasteiger partial charge in [-0.25, -0.2) is 0 Å². The molecule has 0 saturated carbocycles. The standard InChI is InChI=1S/C13H16N2O/c1-4-10-12(16-15-13(10)14)11-7-8(2)5-6-9(11)3/h5-7H,4H2,1-3H3,(H2,14,15). The number of aromatic nitrogens is 1. The number of benzene rings is 1. The number of aryl methyl sites for hydroxylation is 2. The molecule has 2 rings (SSSR count). The number of rotatable bonds is 2. The van der Waals surface area contributed by atoms with Crippen LogP contribution in [-0.2, 0) is 6.42 Å². The van der Waals surface area contributed by atoms with Crippen molar-refractivity contribution in [2.45, 2.75) is 27.2 Å². The van der Waals surface area contributed by atoms with Gasteiger partial charge in [-0.05, 0) is 31.9 Å². The van der Waals surface area contributed by atoms with Crippen molar-refractivity contribution in [3.63, 3.8) is 0 Å². The van der Waals surface area contributed by atoms with Crippen LogP contribution in [-0.4, -0.2) is 5.16 Å². The molecule has 1 aromatic heterocycles. The summed E-state index contributed by atoms with van der Waals surface area (Å²) in [5.41, 5.74) is 10.2. The highest BCUT2D eigenvalue weighted by Crippen LogP contribution is 2.31. The Kier molecular flexibility index (Phi) is 2.69. The Labute approximate surface area is 95.3 Å². The average molecular weight is 216 g/mol. The van der Waals surface area contributed by atoms with Gasteiger partial charge in [0.15, 0.2) is 11.6 Å². The van der Waals surface area contributed by atoms with Gasteiger partial charge < -0.3 is 10.3 Å². The highest BCUT2D eigenvalue weighted by atomic mass is 16.5. The average Bonchev–Trinajstić information content (AvgIpc) is 2.63. The van der Waals surface area contributed by atoms with Crippen LogP contribution in [0, 0.1) is 13.8 Å². The van der Waals surface area contributed by atoms with Gasteiger partial charge in [-0.2, -0.15) is 0 Å². The summed E-state index contributed by atoms with van der Waals surface area (Å²) in [4.78, 5) is 0. The molecule has 2 N–H and O–H groups in total. The molecule has 0 aliphatic heterocycles. The third kappa shape index (κ3) is 1.69. The summed E-state index contributed by atoms with van der Waals surface area (Å²) < 4.78 is 5.33. The van der Waals surface area contributed by atoms with E-state index in [-0.39, 0.29) is 0 Å². The molecule has 0 amide bonds. The van der Waals surface area contributed by atoms with Gasteiger partial charge in [-0.1, -0.05) is 29.8 Å². The highest BCUT2D eigenvalue weighted by Gasteiger charge is 2.15. The van der Waals surface area contributed by atoms with E-state index in [9.17, 15) is 0 Å². The van der Waals surface area contributed by atoms with Crippen molar-refractivity contribution in [1.82, 2.24) is 5.16 Å². The fourth-order valence-corrected chi connectivity index (χ4v) is 1.86. The molecule has 0 bridgehead atoms. The number of nitrogen functional groups attached to an aromatic ring is 1. The number of hydrogen-bond donors (Lipinski definition) is 1. The Hall–Kier alpha value is -1.77. The van der Waals surface area contributed by atoms with Crippen molar-refractivity contribution in [3.05, 3.63) is 34.9 Å². The zero-order chi connectivity index (χ0) is 11.7. The van der Waals surface area contributed by atoms with Crippen molar-refractivity contribution in [2.75, 3.05) is 5.73 Å². The lowest BCUT2D eigenvalue weighted by Crippen LogP contribution is -1.92. The minimum Gasteiger partial charge on any atom is -0.381 e. The summed E-state index contributed by atoms with van der Waals surface area (Å²) >= 11 is 0. The Bertz CT molecular complexity index is 515. The van der Waals surface area contributed by atoms with Gasteiger partial charge in [0, 0.05) is 11.1 Å². The lowest BCUT2D eigenvalue weighted by Gasteiger charge is -2.05. The van der Waals surface area contributed by atoms with E-state index in [1.54, 1.807) is 0 Å². The maximum atomic E-state index is 5.77. The number of hydrogen-bond acceptors (Lipinski definition) is 3. The van der Waals surface area contributed by atoms with Crippen molar-refractivity contribution in [1.29, 1.82) is 0 Å². The summed E-state index contributed by atoms with van der Waals surface area (Å²) in [7, 11) is 0. The monoisotopic (exact) mass is 216 g/mol. The molecule has 0 radical (unpaired) electrons. The van der Waals surface area contributed by atoms with Crippen LogP contribution >= 0.6 is 0 Å². The van der Waals surface area contributed by atoms with E-state index in [1.165, 1.54) is 11.1 Å². The molecule has 3 nitrogen and oxygen atoms in total. The molecule has 0 aliphatic rings. The third-order valence-electron chi connectivity index (χ3n) is 2.81. The van der Waals surface area contributed by atoms with E-state index in [0.717, 1.165) is 23.3 Å². The summed E-state index contributed by atoms with van der Waals surface area (Å²) in [6.07, 6.45) is 0.831. The van der Waals surface area contributed by atoms with E-state index >= 15 is 0 Å². The molecule has 0 aliphatic carbocycles. The number of nitrogens with zero attached hydrogens (tertiary/aromatic N) is 1. The van der Waals surface area contributed by atoms with E-state index in [4.69, 9.17) is 10.3 Å². The first-order chi connectivity index (χ1) is 7.63. The normalized spacial score (nSPS) is 10.7. The SMILES string of the molecule is CCc1c(N)noc1-c1cc(C)ccc1C. The maximum absolute atomic E-state index is 5.77. The zero-order valence-corrected chi connectivity index (χ0v) is 9.87. The molecule has 0 fully saturated rings. The number of nitrogens with two attached hydrogens (primary N) is 1. The quantitative estimate of drug-likeness (QED) is 0.839. The molecule has 1 heterocycles. The van der Waals surface area contributed by atoms with Crippen LogP contribution in [0.15, 0.2) is 22.7 Å². The van der Waals surface area contributed by atoms with Crippen molar-refractivity contribution in [2.24, 2.45) is 0 Å². The Morgan fingerprint density at radius 3 is 2.75 bits per heavy atom. The van der Waals surface area contributed by atoms with Crippen LogP contribution in [0.2, 0.25) is 0 Å². The first kappa shape index (κ1) is 10.7. The molecule has 0 spiro atoms. The molecular weight excluding hydrogens is 200 g/mol. The minimum absolute atomic E-state index is 0.499. The predicted molar refractivity (Wildman–Crippen MR) is 65.2 cm³/mol. The zero-order valence-electron chi connectivity index (χ0n) is 9.87. The largest absolute Gasteiger partial charge is 0.381 e. The van der Waals surface area contributed by atoms with Gasteiger partial charge in [0.2, 0.25) is 0 Å². The Morgan fingerprint density at radius 2 is 2.06 bits per heavy atom. The molecule has 16 heavy (non-hydrogen) atoms. The first-order valence-corrected chi connectivity index (χ1v) is 5.45. The smallest absolute Gasteiger partial charge is 0.172 e. The van der Waals surface area contributed by atoms with Crippen molar-refractivity contribution < 1.29 is 4.52 Å². The lowest BCUT2D eigenvalue weighted by molar-refractivity contribution is 0.435. The number of anilines is 1. The topological polar surface area (TPSA) is 52.0 Å². The van der Waals surface area contributed by atoms with Crippen LogP contribution in [0.3, 0.4) is 0 Å². The molecular formula is C13H16N2O. The van der Waals surface area contributed by atoms with Gasteiger partial charge in [-0.3, -0.25) is 0 Å². The Morgan fingerprint density at radius 1 is 1.31 bits per heavy atom. The van der Waals surface area contributed by atoms with Gasteiger partial charge in [0.05, 0.1) is 0 Å². The molecule has 84 valence electrons. The van der Waals surface area contributed by atoms with Gasteiger partial charge in [0.1, 0.15) is 0 Å². The van der Waals surface area contributed by atoms with Crippen molar-refractivity contribution >= 4 is 5.82 Å². The van der Waals surface area contributed by atoms with Crippen LogP contribution < -0.4 is 5.73 Å². The second kappa shape index (κ2) is 4.00. The lowest BCUT2D eigenvalue weighted by atomic mass is 10.00. The van der Waals surface area contributed by atoms with E-state index in [1.807, 2.05) is 0 Å². The third-order valence-corrected chi connectivity index (χ3v) is 2.81. The minimum atomic E-state index is 0.499. The van der Waals surface area contributed by atoms with Gasteiger partial charge in [0.25, 0.3) is 0 Å². The van der Waals surface area contributed by atoms with Crippen LogP contribution in [0.5, 0.6) is 0 Å². The van der Waals surface area contributed by atoms with E-state index < -0.39 is 0 Å². The maximum Gasteiger partial charge on any atom is 0.172 e. The molecule has 1 aromatic carbocycles. The molecule has 0 unspecified atom stereocenters. The molecule has 3 heteroatoms. The highest BCUT2D eigenvalue weighted by molar-refractivity contribution is 5.69. The van der Waals surface area contributed by atoms with Gasteiger partial charge >= 0.3 is 0 Å². The Balaban J connectivity index is 2.62. The van der Waals surface area contributed by atoms with Crippen LogP contribution in [0.4, 0.5) is 5.82 Å². The fraction of sp³-hybridized carbons (Fsp3) is 0.308. The second-order valence-electron chi connectivity index (χ2n) is 4.05. The van der Waals surface area contributed by atoms with Crippen molar-refractivity contribution in [3.8, 4) is 11.3 Å². The summed E-state index contributed by atoms with van der Waals surface area (Å²) in [5.74, 6) is 1.31. The van der Waals surface area contributed by atoms with Gasteiger partial charge in [-0.15, -0.1) is 0 Å². The summed E-state index contributed by atoms with van der Waals surface area (Å²) in [6, 6.07) is 6.28. The summed E-state index contributed by atoms with van der Waals surface area (Å²) in [6.45, 7) is 6.18. The predicted octanol–water partition coefficient (Wildman–Crippen LogP) is 3.10. The van der Waals surface area contributed by atoms with E-state index in [0.29, 0.717) is 5.82 Å². The van der Waals surface area contributed by atoms with Crippen LogP contribution in [0.25, 0.3) is 11.3 Å². The molecule has 0 atom stereocenters. The molecule has 0 saturated heterocycles. The van der Waals surface area contributed by atoms with E-state index in [2.05, 4.69) is 44.1 Å².